The van der Waals surface area contributed by atoms with Crippen LogP contribution in [0.5, 0.6) is 0 Å². The highest BCUT2D eigenvalue weighted by atomic mass is 14.3. The van der Waals surface area contributed by atoms with Crippen molar-refractivity contribution >= 4 is 0 Å². The topological polar surface area (TPSA) is 0 Å². The third kappa shape index (κ3) is 6.46. The summed E-state index contributed by atoms with van der Waals surface area (Å²) < 4.78 is 0. The van der Waals surface area contributed by atoms with Gasteiger partial charge in [-0.05, 0) is 62.2 Å². The summed E-state index contributed by atoms with van der Waals surface area (Å²) in [6.45, 7) is 16.0. The number of rotatable bonds is 8. The van der Waals surface area contributed by atoms with Crippen LogP contribution in [0.15, 0.2) is 12.2 Å². The van der Waals surface area contributed by atoms with Crippen LogP contribution in [0.3, 0.4) is 0 Å². The van der Waals surface area contributed by atoms with Crippen molar-refractivity contribution in [3.05, 3.63) is 12.2 Å². The molecule has 1 fully saturated rings. The van der Waals surface area contributed by atoms with Gasteiger partial charge in [0.25, 0.3) is 0 Å². The SMILES string of the molecule is C=C(C)CCC(C)C(C)CCC(C)C1CCC(C)CC1. The summed E-state index contributed by atoms with van der Waals surface area (Å²) in [5, 5.41) is 0. The van der Waals surface area contributed by atoms with Gasteiger partial charge >= 0.3 is 0 Å². The average molecular weight is 279 g/mol. The molecule has 1 aliphatic carbocycles. The Labute approximate surface area is 128 Å². The molecule has 0 saturated heterocycles. The van der Waals surface area contributed by atoms with Crippen molar-refractivity contribution in [3.63, 3.8) is 0 Å². The molecule has 1 rings (SSSR count). The summed E-state index contributed by atoms with van der Waals surface area (Å²) in [4.78, 5) is 0. The molecule has 0 N–H and O–H groups in total. The fourth-order valence-electron chi connectivity index (χ4n) is 3.66. The summed E-state index contributed by atoms with van der Waals surface area (Å²) in [7, 11) is 0. The third-order valence-corrected chi connectivity index (χ3v) is 5.94. The summed E-state index contributed by atoms with van der Waals surface area (Å²) in [6, 6.07) is 0. The van der Waals surface area contributed by atoms with Crippen LogP contribution in [0.4, 0.5) is 0 Å². The second-order valence-electron chi connectivity index (χ2n) is 8.02. The normalized spacial score (nSPS) is 27.9. The third-order valence-electron chi connectivity index (χ3n) is 5.94. The predicted octanol–water partition coefficient (Wildman–Crippen LogP) is 6.86. The van der Waals surface area contributed by atoms with Gasteiger partial charge < -0.3 is 0 Å². The smallest absolute Gasteiger partial charge is 0.0323 e. The quantitative estimate of drug-likeness (QED) is 0.425. The Morgan fingerprint density at radius 2 is 1.50 bits per heavy atom. The molecule has 0 heteroatoms. The fourth-order valence-corrected chi connectivity index (χ4v) is 3.66. The summed E-state index contributed by atoms with van der Waals surface area (Å²) in [5.41, 5.74) is 1.34. The van der Waals surface area contributed by atoms with E-state index in [0.29, 0.717) is 0 Å². The first kappa shape index (κ1) is 17.8. The molecule has 0 amide bonds. The zero-order valence-electron chi connectivity index (χ0n) is 14.8. The fraction of sp³-hybridized carbons (Fsp3) is 0.900. The zero-order valence-corrected chi connectivity index (χ0v) is 14.8. The van der Waals surface area contributed by atoms with Crippen LogP contribution in [-0.4, -0.2) is 0 Å². The predicted molar refractivity (Wildman–Crippen MR) is 91.9 cm³/mol. The Morgan fingerprint density at radius 3 is 2.05 bits per heavy atom. The lowest BCUT2D eigenvalue weighted by atomic mass is 9.74. The van der Waals surface area contributed by atoms with E-state index in [0.717, 1.165) is 29.6 Å². The van der Waals surface area contributed by atoms with Crippen LogP contribution in [0.25, 0.3) is 0 Å². The van der Waals surface area contributed by atoms with E-state index in [9.17, 15) is 0 Å². The highest BCUT2D eigenvalue weighted by molar-refractivity contribution is 4.88. The van der Waals surface area contributed by atoms with E-state index in [1.165, 1.54) is 56.9 Å². The van der Waals surface area contributed by atoms with Crippen molar-refractivity contribution < 1.29 is 0 Å². The number of hydrogen-bond acceptors (Lipinski definition) is 0. The van der Waals surface area contributed by atoms with Gasteiger partial charge in [0, 0.05) is 0 Å². The molecule has 0 radical (unpaired) electrons. The number of allylic oxidation sites excluding steroid dienone is 1. The van der Waals surface area contributed by atoms with Gasteiger partial charge in [-0.15, -0.1) is 6.58 Å². The van der Waals surface area contributed by atoms with Gasteiger partial charge in [0.15, 0.2) is 0 Å². The van der Waals surface area contributed by atoms with Crippen molar-refractivity contribution in [1.82, 2.24) is 0 Å². The van der Waals surface area contributed by atoms with Crippen molar-refractivity contribution in [3.8, 4) is 0 Å². The van der Waals surface area contributed by atoms with Gasteiger partial charge in [-0.1, -0.05) is 59.0 Å². The molecule has 0 spiro atoms. The molecule has 20 heavy (non-hydrogen) atoms. The first-order valence-electron chi connectivity index (χ1n) is 9.04. The van der Waals surface area contributed by atoms with Crippen molar-refractivity contribution in [1.29, 1.82) is 0 Å². The highest BCUT2D eigenvalue weighted by Gasteiger charge is 2.23. The van der Waals surface area contributed by atoms with Crippen LogP contribution >= 0.6 is 0 Å². The Hall–Kier alpha value is -0.260. The Morgan fingerprint density at radius 1 is 0.950 bits per heavy atom. The molecule has 3 unspecified atom stereocenters. The molecule has 118 valence electrons. The maximum absolute atomic E-state index is 4.03. The van der Waals surface area contributed by atoms with E-state index in [1.807, 2.05) is 0 Å². The molecule has 0 aliphatic heterocycles. The first-order valence-corrected chi connectivity index (χ1v) is 9.04. The van der Waals surface area contributed by atoms with Crippen LogP contribution in [0.2, 0.25) is 0 Å². The minimum absolute atomic E-state index is 0.852. The van der Waals surface area contributed by atoms with Crippen LogP contribution < -0.4 is 0 Å². The van der Waals surface area contributed by atoms with Crippen LogP contribution in [0, 0.1) is 29.6 Å². The molecule has 0 heterocycles. The highest BCUT2D eigenvalue weighted by Crippen LogP contribution is 2.36. The summed E-state index contributed by atoms with van der Waals surface area (Å²) >= 11 is 0. The lowest BCUT2D eigenvalue weighted by Crippen LogP contribution is -2.20. The molecule has 0 aromatic heterocycles. The van der Waals surface area contributed by atoms with Gasteiger partial charge in [-0.25, -0.2) is 0 Å². The molecule has 0 bridgehead atoms. The standard InChI is InChI=1S/C20H38/c1-15(2)7-10-17(4)18(5)11-12-19(6)20-13-8-16(3)9-14-20/h16-20H,1,7-14H2,2-6H3. The zero-order chi connectivity index (χ0) is 15.1. The Bertz CT molecular complexity index is 270. The van der Waals surface area contributed by atoms with Crippen LogP contribution in [-0.2, 0) is 0 Å². The molecule has 0 aromatic rings. The van der Waals surface area contributed by atoms with E-state index < -0.39 is 0 Å². The first-order chi connectivity index (χ1) is 9.40. The largest absolute Gasteiger partial charge is 0.100 e. The van der Waals surface area contributed by atoms with Gasteiger partial charge in [0.1, 0.15) is 0 Å². The second-order valence-corrected chi connectivity index (χ2v) is 8.02. The van der Waals surface area contributed by atoms with Crippen molar-refractivity contribution in [2.24, 2.45) is 29.6 Å². The second kappa shape index (κ2) is 8.90. The maximum atomic E-state index is 4.03. The van der Waals surface area contributed by atoms with Gasteiger partial charge in [-0.3, -0.25) is 0 Å². The minimum Gasteiger partial charge on any atom is -0.100 e. The monoisotopic (exact) mass is 278 g/mol. The molecule has 1 aliphatic rings. The summed E-state index contributed by atoms with van der Waals surface area (Å²) in [6.07, 6.45) is 11.3. The van der Waals surface area contributed by atoms with Crippen molar-refractivity contribution in [2.75, 3.05) is 0 Å². The van der Waals surface area contributed by atoms with Crippen LogP contribution in [0.1, 0.15) is 86.0 Å². The molecular weight excluding hydrogens is 240 g/mol. The van der Waals surface area contributed by atoms with E-state index in [4.69, 9.17) is 0 Å². The average Bonchev–Trinajstić information content (AvgIpc) is 2.42. The molecular formula is C20H38. The van der Waals surface area contributed by atoms with E-state index in [-0.39, 0.29) is 0 Å². The molecule has 3 atom stereocenters. The van der Waals surface area contributed by atoms with Gasteiger partial charge in [0.05, 0.1) is 0 Å². The van der Waals surface area contributed by atoms with E-state index in [2.05, 4.69) is 41.2 Å². The Balaban J connectivity index is 2.22. The van der Waals surface area contributed by atoms with Gasteiger partial charge in [-0.2, -0.15) is 0 Å². The van der Waals surface area contributed by atoms with Crippen molar-refractivity contribution in [2.45, 2.75) is 86.0 Å². The lowest BCUT2D eigenvalue weighted by molar-refractivity contribution is 0.200. The molecule has 1 saturated carbocycles. The maximum Gasteiger partial charge on any atom is -0.0323 e. The summed E-state index contributed by atoms with van der Waals surface area (Å²) in [5.74, 6) is 4.67. The molecule has 0 aromatic carbocycles. The molecule has 0 nitrogen and oxygen atoms in total. The van der Waals surface area contributed by atoms with E-state index in [1.54, 1.807) is 0 Å². The number of hydrogen-bond donors (Lipinski definition) is 0. The minimum atomic E-state index is 0.852. The van der Waals surface area contributed by atoms with E-state index >= 15 is 0 Å². The Kier molecular flexibility index (Phi) is 7.92. The lowest BCUT2D eigenvalue weighted by Gasteiger charge is -2.32. The van der Waals surface area contributed by atoms with Gasteiger partial charge in [0.2, 0.25) is 0 Å².